The monoisotopic (exact) mass is 359 g/mol. The number of hydrogen-bond donors (Lipinski definition) is 0. The van der Waals surface area contributed by atoms with Gasteiger partial charge in [-0.25, -0.2) is 0 Å². The fourth-order valence-corrected chi connectivity index (χ4v) is 4.36. The molecule has 0 bridgehead atoms. The number of aromatic nitrogens is 2. The quantitative estimate of drug-likeness (QED) is 0.764. The van der Waals surface area contributed by atoms with E-state index in [1.807, 2.05) is 25.1 Å². The van der Waals surface area contributed by atoms with E-state index in [0.29, 0.717) is 12.0 Å². The zero-order chi connectivity index (χ0) is 17.9. The molecule has 0 N–H and O–H groups in total. The Labute approximate surface area is 155 Å². The SMILES string of the molecule is CCOc1ccccc1-c1nnc(CN2CCCC(C(C)(C)C)C2)s1. The highest BCUT2D eigenvalue weighted by Gasteiger charge is 2.29. The van der Waals surface area contributed by atoms with Crippen LogP contribution in [-0.4, -0.2) is 34.8 Å². The van der Waals surface area contributed by atoms with E-state index >= 15 is 0 Å². The Morgan fingerprint density at radius 2 is 2.04 bits per heavy atom. The molecule has 4 nitrogen and oxygen atoms in total. The summed E-state index contributed by atoms with van der Waals surface area (Å²) in [5.41, 5.74) is 1.42. The number of benzene rings is 1. The summed E-state index contributed by atoms with van der Waals surface area (Å²) in [6.07, 6.45) is 2.61. The summed E-state index contributed by atoms with van der Waals surface area (Å²) in [4.78, 5) is 2.54. The summed E-state index contributed by atoms with van der Waals surface area (Å²) in [5.74, 6) is 1.64. The summed E-state index contributed by atoms with van der Waals surface area (Å²) >= 11 is 1.68. The van der Waals surface area contributed by atoms with Gasteiger partial charge in [0.1, 0.15) is 10.8 Å². The highest BCUT2D eigenvalue weighted by Crippen LogP contribution is 2.35. The maximum atomic E-state index is 5.73. The maximum Gasteiger partial charge on any atom is 0.151 e. The lowest BCUT2D eigenvalue weighted by Gasteiger charge is -2.39. The van der Waals surface area contributed by atoms with Crippen LogP contribution in [0.25, 0.3) is 10.6 Å². The lowest BCUT2D eigenvalue weighted by Crippen LogP contribution is -2.40. The van der Waals surface area contributed by atoms with Crippen LogP contribution in [0.1, 0.15) is 45.5 Å². The summed E-state index contributed by atoms with van der Waals surface area (Å²) in [6.45, 7) is 13.0. The fraction of sp³-hybridized carbons (Fsp3) is 0.600. The molecule has 0 saturated carbocycles. The summed E-state index contributed by atoms with van der Waals surface area (Å²) in [5, 5.41) is 10.9. The van der Waals surface area contributed by atoms with Crippen LogP contribution in [0.3, 0.4) is 0 Å². The first kappa shape index (κ1) is 18.3. The van der Waals surface area contributed by atoms with Crippen LogP contribution in [0, 0.1) is 11.3 Å². The Balaban J connectivity index is 1.70. The van der Waals surface area contributed by atoms with E-state index in [4.69, 9.17) is 4.74 Å². The fourth-order valence-electron chi connectivity index (χ4n) is 3.45. The van der Waals surface area contributed by atoms with Crippen molar-refractivity contribution in [2.75, 3.05) is 19.7 Å². The second-order valence-electron chi connectivity index (χ2n) is 7.87. The van der Waals surface area contributed by atoms with Crippen molar-refractivity contribution >= 4 is 11.3 Å². The maximum absolute atomic E-state index is 5.73. The van der Waals surface area contributed by atoms with Gasteiger partial charge in [-0.05, 0) is 49.8 Å². The Kier molecular flexibility index (Phi) is 5.74. The van der Waals surface area contributed by atoms with Crippen LogP contribution >= 0.6 is 11.3 Å². The summed E-state index contributed by atoms with van der Waals surface area (Å²) in [6, 6.07) is 8.08. The number of para-hydroxylation sites is 1. The van der Waals surface area contributed by atoms with Gasteiger partial charge < -0.3 is 4.74 Å². The van der Waals surface area contributed by atoms with Crippen molar-refractivity contribution in [1.82, 2.24) is 15.1 Å². The van der Waals surface area contributed by atoms with Gasteiger partial charge in [-0.15, -0.1) is 10.2 Å². The molecule has 0 spiro atoms. The number of rotatable bonds is 5. The number of ether oxygens (including phenoxy) is 1. The Morgan fingerprint density at radius 3 is 2.80 bits per heavy atom. The average Bonchev–Trinajstić information content (AvgIpc) is 3.03. The molecule has 25 heavy (non-hydrogen) atoms. The number of nitrogens with zero attached hydrogens (tertiary/aromatic N) is 3. The molecule has 2 heterocycles. The van der Waals surface area contributed by atoms with E-state index in [1.165, 1.54) is 12.8 Å². The van der Waals surface area contributed by atoms with E-state index in [1.54, 1.807) is 11.3 Å². The van der Waals surface area contributed by atoms with Gasteiger partial charge in [-0.1, -0.05) is 44.2 Å². The lowest BCUT2D eigenvalue weighted by atomic mass is 9.76. The minimum atomic E-state index is 0.376. The first-order chi connectivity index (χ1) is 12.0. The molecule has 1 aromatic heterocycles. The largest absolute Gasteiger partial charge is 0.493 e. The van der Waals surface area contributed by atoms with Crippen LogP contribution in [0.2, 0.25) is 0 Å². The van der Waals surface area contributed by atoms with Crippen LogP contribution in [0.4, 0.5) is 0 Å². The smallest absolute Gasteiger partial charge is 0.151 e. The predicted octanol–water partition coefficient (Wildman–Crippen LogP) is 4.86. The lowest BCUT2D eigenvalue weighted by molar-refractivity contribution is 0.0941. The van der Waals surface area contributed by atoms with E-state index in [9.17, 15) is 0 Å². The summed E-state index contributed by atoms with van der Waals surface area (Å²) in [7, 11) is 0. The third-order valence-corrected chi connectivity index (χ3v) is 5.91. The molecule has 2 aromatic rings. The normalized spacial score (nSPS) is 19.1. The van der Waals surface area contributed by atoms with E-state index < -0.39 is 0 Å². The zero-order valence-corrected chi connectivity index (χ0v) is 16.6. The highest BCUT2D eigenvalue weighted by molar-refractivity contribution is 7.14. The first-order valence-corrected chi connectivity index (χ1v) is 10.1. The third kappa shape index (κ3) is 4.59. The van der Waals surface area contributed by atoms with Gasteiger partial charge in [0.2, 0.25) is 0 Å². The molecule has 1 atom stereocenters. The molecule has 136 valence electrons. The van der Waals surface area contributed by atoms with Crippen molar-refractivity contribution in [2.24, 2.45) is 11.3 Å². The Bertz CT molecular complexity index is 692. The summed E-state index contributed by atoms with van der Waals surface area (Å²) < 4.78 is 5.73. The highest BCUT2D eigenvalue weighted by atomic mass is 32.1. The van der Waals surface area contributed by atoms with Crippen molar-refractivity contribution in [3.8, 4) is 16.3 Å². The molecule has 5 heteroatoms. The molecule has 0 aliphatic carbocycles. The van der Waals surface area contributed by atoms with Gasteiger partial charge in [0.15, 0.2) is 5.01 Å². The number of hydrogen-bond acceptors (Lipinski definition) is 5. The molecule has 1 aliphatic rings. The van der Waals surface area contributed by atoms with E-state index in [-0.39, 0.29) is 0 Å². The topological polar surface area (TPSA) is 38.3 Å². The zero-order valence-electron chi connectivity index (χ0n) is 15.8. The van der Waals surface area contributed by atoms with Crippen LogP contribution in [0.5, 0.6) is 5.75 Å². The van der Waals surface area contributed by atoms with Gasteiger partial charge in [-0.2, -0.15) is 0 Å². The van der Waals surface area contributed by atoms with Crippen molar-refractivity contribution in [3.05, 3.63) is 29.3 Å². The number of piperidine rings is 1. The molecular weight excluding hydrogens is 330 g/mol. The van der Waals surface area contributed by atoms with Gasteiger partial charge in [0.05, 0.1) is 18.7 Å². The molecule has 0 radical (unpaired) electrons. The van der Waals surface area contributed by atoms with Crippen molar-refractivity contribution in [1.29, 1.82) is 0 Å². The molecule has 0 amide bonds. The van der Waals surface area contributed by atoms with Crippen LogP contribution in [0.15, 0.2) is 24.3 Å². The van der Waals surface area contributed by atoms with Crippen molar-refractivity contribution < 1.29 is 4.74 Å². The van der Waals surface area contributed by atoms with Gasteiger partial charge in [-0.3, -0.25) is 4.90 Å². The molecule has 1 fully saturated rings. The molecule has 3 rings (SSSR count). The van der Waals surface area contributed by atoms with E-state index in [2.05, 4.69) is 41.9 Å². The molecule has 1 unspecified atom stereocenters. The molecule has 1 saturated heterocycles. The third-order valence-electron chi connectivity index (χ3n) is 4.97. The molecule has 1 aliphatic heterocycles. The second kappa shape index (κ2) is 7.83. The standard InChI is InChI=1S/C20H29N3OS/c1-5-24-17-11-7-6-10-16(17)19-22-21-18(25-19)14-23-12-8-9-15(13-23)20(2,3)4/h6-7,10-11,15H,5,8-9,12-14H2,1-4H3. The minimum Gasteiger partial charge on any atom is -0.493 e. The van der Waals surface area contributed by atoms with E-state index in [0.717, 1.165) is 46.9 Å². The Morgan fingerprint density at radius 1 is 1.24 bits per heavy atom. The predicted molar refractivity (Wildman–Crippen MR) is 104 cm³/mol. The van der Waals surface area contributed by atoms with Crippen molar-refractivity contribution in [3.63, 3.8) is 0 Å². The van der Waals surface area contributed by atoms with Gasteiger partial charge >= 0.3 is 0 Å². The average molecular weight is 360 g/mol. The van der Waals surface area contributed by atoms with Crippen molar-refractivity contribution in [2.45, 2.75) is 47.1 Å². The van der Waals surface area contributed by atoms with Crippen LogP contribution in [-0.2, 0) is 6.54 Å². The second-order valence-corrected chi connectivity index (χ2v) is 8.93. The van der Waals surface area contributed by atoms with Gasteiger partial charge in [0, 0.05) is 6.54 Å². The van der Waals surface area contributed by atoms with Gasteiger partial charge in [0.25, 0.3) is 0 Å². The Hall–Kier alpha value is -1.46. The van der Waals surface area contributed by atoms with Crippen LogP contribution < -0.4 is 4.74 Å². The minimum absolute atomic E-state index is 0.376. The molecular formula is C20H29N3OS. The first-order valence-electron chi connectivity index (χ1n) is 9.24. The number of likely N-dealkylation sites (tertiary alicyclic amines) is 1. The molecule has 1 aromatic carbocycles.